The van der Waals surface area contributed by atoms with Crippen LogP contribution in [0.15, 0.2) is 24.3 Å². The molecule has 0 aromatic heterocycles. The van der Waals surface area contributed by atoms with Gasteiger partial charge in [0.1, 0.15) is 11.9 Å². The Hall–Kier alpha value is -1.02. The molecule has 0 aliphatic heterocycles. The van der Waals surface area contributed by atoms with Crippen LogP contribution in [-0.4, -0.2) is 12.1 Å². The number of benzene rings is 1. The van der Waals surface area contributed by atoms with Crippen molar-refractivity contribution in [3.8, 4) is 5.75 Å². The Morgan fingerprint density at radius 3 is 2.89 bits per heavy atom. The van der Waals surface area contributed by atoms with Crippen LogP contribution in [0.4, 0.5) is 0 Å². The summed E-state index contributed by atoms with van der Waals surface area (Å²) in [4.78, 5) is 0. The molecule has 0 radical (unpaired) electrons. The molecule has 1 fully saturated rings. The van der Waals surface area contributed by atoms with Gasteiger partial charge in [-0.15, -0.1) is 0 Å². The minimum atomic E-state index is 0.154. The maximum atomic E-state index is 6.19. The van der Waals surface area contributed by atoms with E-state index in [-0.39, 0.29) is 12.1 Å². The van der Waals surface area contributed by atoms with Gasteiger partial charge < -0.3 is 10.5 Å². The summed E-state index contributed by atoms with van der Waals surface area (Å²) in [7, 11) is 0. The molecular formula is C16H25NO. The third kappa shape index (κ3) is 3.26. The van der Waals surface area contributed by atoms with Gasteiger partial charge in [-0.3, -0.25) is 0 Å². The highest BCUT2D eigenvalue weighted by molar-refractivity contribution is 5.28. The number of aryl methyl sites for hydroxylation is 1. The van der Waals surface area contributed by atoms with E-state index < -0.39 is 0 Å². The van der Waals surface area contributed by atoms with Gasteiger partial charge in [0.2, 0.25) is 0 Å². The molecule has 1 aromatic carbocycles. The highest BCUT2D eigenvalue weighted by Crippen LogP contribution is 2.36. The minimum absolute atomic E-state index is 0.154. The first-order valence-electron chi connectivity index (χ1n) is 7.01. The lowest BCUT2D eigenvalue weighted by molar-refractivity contribution is 0.0669. The molecular weight excluding hydrogens is 222 g/mol. The first-order chi connectivity index (χ1) is 8.50. The fraction of sp³-hybridized carbons (Fsp3) is 0.625. The third-order valence-corrected chi connectivity index (χ3v) is 3.98. The lowest BCUT2D eigenvalue weighted by Crippen LogP contribution is -2.46. The van der Waals surface area contributed by atoms with Gasteiger partial charge in [0.15, 0.2) is 0 Å². The fourth-order valence-electron chi connectivity index (χ4n) is 2.68. The summed E-state index contributed by atoms with van der Waals surface area (Å²) in [5, 5.41) is 0. The maximum Gasteiger partial charge on any atom is 0.120 e. The molecule has 18 heavy (non-hydrogen) atoms. The van der Waals surface area contributed by atoms with Gasteiger partial charge in [0.25, 0.3) is 0 Å². The number of ether oxygens (including phenoxy) is 1. The summed E-state index contributed by atoms with van der Waals surface area (Å²) < 4.78 is 6.12. The summed E-state index contributed by atoms with van der Waals surface area (Å²) >= 11 is 0. The second kappa shape index (κ2) is 5.31. The van der Waals surface area contributed by atoms with E-state index in [1.54, 1.807) is 0 Å². The van der Waals surface area contributed by atoms with Crippen LogP contribution in [-0.2, 0) is 6.42 Å². The molecule has 1 aliphatic carbocycles. The van der Waals surface area contributed by atoms with Gasteiger partial charge in [0, 0.05) is 6.04 Å². The third-order valence-electron chi connectivity index (χ3n) is 3.98. The average Bonchev–Trinajstić information content (AvgIpc) is 2.34. The zero-order chi connectivity index (χ0) is 13.2. The van der Waals surface area contributed by atoms with Crippen LogP contribution in [0.25, 0.3) is 0 Å². The van der Waals surface area contributed by atoms with Gasteiger partial charge in [0.05, 0.1) is 0 Å². The Morgan fingerprint density at radius 1 is 1.39 bits per heavy atom. The van der Waals surface area contributed by atoms with E-state index in [2.05, 4.69) is 39.0 Å². The highest BCUT2D eigenvalue weighted by atomic mass is 16.5. The Morgan fingerprint density at radius 2 is 2.17 bits per heavy atom. The van der Waals surface area contributed by atoms with E-state index in [4.69, 9.17) is 10.5 Å². The second-order valence-electron chi connectivity index (χ2n) is 6.23. The van der Waals surface area contributed by atoms with Crippen molar-refractivity contribution >= 4 is 0 Å². The Kier molecular flexibility index (Phi) is 3.96. The van der Waals surface area contributed by atoms with Crippen LogP contribution < -0.4 is 10.5 Å². The van der Waals surface area contributed by atoms with Gasteiger partial charge in [-0.2, -0.15) is 0 Å². The molecule has 2 atom stereocenters. The largest absolute Gasteiger partial charge is 0.489 e. The van der Waals surface area contributed by atoms with Crippen LogP contribution in [0.5, 0.6) is 5.75 Å². The number of nitrogens with two attached hydrogens (primary N) is 1. The van der Waals surface area contributed by atoms with Gasteiger partial charge >= 0.3 is 0 Å². The lowest BCUT2D eigenvalue weighted by Gasteiger charge is -2.39. The molecule has 0 bridgehead atoms. The van der Waals surface area contributed by atoms with Crippen molar-refractivity contribution < 1.29 is 4.74 Å². The fourth-order valence-corrected chi connectivity index (χ4v) is 2.68. The minimum Gasteiger partial charge on any atom is -0.489 e. The molecule has 0 heterocycles. The molecule has 2 heteroatoms. The highest BCUT2D eigenvalue weighted by Gasteiger charge is 2.34. The smallest absolute Gasteiger partial charge is 0.120 e. The molecule has 0 spiro atoms. The topological polar surface area (TPSA) is 35.2 Å². The standard InChI is InChI=1S/C16H25NO/c1-4-12-6-5-7-13(10-12)18-15-11-16(2,3)9-8-14(15)17/h5-7,10,14-15H,4,8-9,11,17H2,1-3H3. The molecule has 0 saturated heterocycles. The van der Waals surface area contributed by atoms with Crippen LogP contribution in [0, 0.1) is 5.41 Å². The molecule has 2 nitrogen and oxygen atoms in total. The van der Waals surface area contributed by atoms with Crippen molar-refractivity contribution in [3.05, 3.63) is 29.8 Å². The molecule has 1 aromatic rings. The number of rotatable bonds is 3. The first-order valence-corrected chi connectivity index (χ1v) is 7.01. The monoisotopic (exact) mass is 247 g/mol. The van der Waals surface area contributed by atoms with Gasteiger partial charge in [-0.05, 0) is 48.8 Å². The van der Waals surface area contributed by atoms with E-state index >= 15 is 0 Å². The van der Waals surface area contributed by atoms with E-state index in [0.29, 0.717) is 5.41 Å². The van der Waals surface area contributed by atoms with Crippen molar-refractivity contribution in [2.45, 2.75) is 58.6 Å². The predicted molar refractivity (Wildman–Crippen MR) is 75.8 cm³/mol. The predicted octanol–water partition coefficient (Wildman–Crippen LogP) is 3.53. The normalized spacial score (nSPS) is 26.9. The van der Waals surface area contributed by atoms with Crippen molar-refractivity contribution in [3.63, 3.8) is 0 Å². The van der Waals surface area contributed by atoms with Crippen LogP contribution in [0.3, 0.4) is 0 Å². The SMILES string of the molecule is CCc1cccc(OC2CC(C)(C)CCC2N)c1. The zero-order valence-corrected chi connectivity index (χ0v) is 11.8. The van der Waals surface area contributed by atoms with Crippen LogP contribution >= 0.6 is 0 Å². The van der Waals surface area contributed by atoms with E-state index in [1.807, 2.05) is 6.07 Å². The molecule has 2 N–H and O–H groups in total. The summed E-state index contributed by atoms with van der Waals surface area (Å²) in [6.07, 6.45) is 4.50. The van der Waals surface area contributed by atoms with E-state index in [9.17, 15) is 0 Å². The lowest BCUT2D eigenvalue weighted by atomic mass is 9.74. The molecule has 1 saturated carbocycles. The molecule has 2 rings (SSSR count). The van der Waals surface area contributed by atoms with Crippen molar-refractivity contribution in [1.82, 2.24) is 0 Å². The summed E-state index contributed by atoms with van der Waals surface area (Å²) in [5.41, 5.74) is 7.86. The molecule has 1 aliphatic rings. The molecule has 2 unspecified atom stereocenters. The van der Waals surface area contributed by atoms with Crippen LogP contribution in [0.1, 0.15) is 45.6 Å². The van der Waals surface area contributed by atoms with Crippen molar-refractivity contribution in [1.29, 1.82) is 0 Å². The summed E-state index contributed by atoms with van der Waals surface area (Å²) in [5.74, 6) is 0.965. The summed E-state index contributed by atoms with van der Waals surface area (Å²) in [6, 6.07) is 8.54. The molecule has 100 valence electrons. The Labute approximate surface area is 111 Å². The van der Waals surface area contributed by atoms with E-state index in [1.165, 1.54) is 12.0 Å². The quantitative estimate of drug-likeness (QED) is 0.886. The van der Waals surface area contributed by atoms with Crippen molar-refractivity contribution in [2.75, 3.05) is 0 Å². The van der Waals surface area contributed by atoms with Crippen LogP contribution in [0.2, 0.25) is 0 Å². The first kappa shape index (κ1) is 13.4. The van der Waals surface area contributed by atoms with Gasteiger partial charge in [-0.1, -0.05) is 32.9 Å². The molecule has 0 amide bonds. The average molecular weight is 247 g/mol. The Balaban J connectivity index is 2.07. The Bertz CT molecular complexity index is 400. The number of hydrogen-bond donors (Lipinski definition) is 1. The maximum absolute atomic E-state index is 6.19. The van der Waals surface area contributed by atoms with Crippen molar-refractivity contribution in [2.24, 2.45) is 11.1 Å². The number of hydrogen-bond acceptors (Lipinski definition) is 2. The van der Waals surface area contributed by atoms with Gasteiger partial charge in [-0.25, -0.2) is 0 Å². The second-order valence-corrected chi connectivity index (χ2v) is 6.23. The zero-order valence-electron chi connectivity index (χ0n) is 11.8. The summed E-state index contributed by atoms with van der Waals surface area (Å²) in [6.45, 7) is 6.77. The van der Waals surface area contributed by atoms with E-state index in [0.717, 1.165) is 25.0 Å².